The van der Waals surface area contributed by atoms with Crippen LogP contribution in [0, 0.1) is 0 Å². The molecular weight excluding hydrogens is 408 g/mol. The van der Waals surface area contributed by atoms with Crippen molar-refractivity contribution in [1.29, 1.82) is 0 Å². The van der Waals surface area contributed by atoms with Crippen molar-refractivity contribution < 1.29 is 8.63 Å². The highest BCUT2D eigenvalue weighted by molar-refractivity contribution is 7.84. The third-order valence-corrected chi connectivity index (χ3v) is 12.9. The molecule has 1 aliphatic carbocycles. The lowest BCUT2D eigenvalue weighted by Crippen LogP contribution is -2.49. The molecule has 30 heavy (non-hydrogen) atoms. The number of nitrogens with one attached hydrogen (secondary N) is 1. The lowest BCUT2D eigenvalue weighted by atomic mass is 10.00. The van der Waals surface area contributed by atoms with Gasteiger partial charge in [0.2, 0.25) is 0 Å². The summed E-state index contributed by atoms with van der Waals surface area (Å²) >= 11 is 0. The highest BCUT2D eigenvalue weighted by atomic mass is 32.2. The van der Waals surface area contributed by atoms with E-state index in [9.17, 15) is 4.21 Å². The SMILES string of the molecule is CC[Si](CC)(CC)O[C@]1(c2ccccc2)C[C@@]1(N[S@](=O)C(C)(C)C)c1ccccn1. The van der Waals surface area contributed by atoms with Gasteiger partial charge in [-0.1, -0.05) is 57.2 Å². The highest BCUT2D eigenvalue weighted by Crippen LogP contribution is 2.66. The van der Waals surface area contributed by atoms with Crippen LogP contribution in [0.1, 0.15) is 59.2 Å². The van der Waals surface area contributed by atoms with Crippen LogP contribution in [0.25, 0.3) is 0 Å². The molecule has 0 amide bonds. The maximum absolute atomic E-state index is 13.3. The summed E-state index contributed by atoms with van der Waals surface area (Å²) in [5, 5.41) is 0. The number of hydrogen-bond acceptors (Lipinski definition) is 3. The van der Waals surface area contributed by atoms with Gasteiger partial charge in [0.1, 0.15) is 11.1 Å². The van der Waals surface area contributed by atoms with E-state index in [1.165, 1.54) is 0 Å². The minimum atomic E-state index is -1.96. The van der Waals surface area contributed by atoms with E-state index in [1.54, 1.807) is 0 Å². The molecule has 164 valence electrons. The molecule has 6 heteroatoms. The van der Waals surface area contributed by atoms with Crippen LogP contribution in [0.5, 0.6) is 0 Å². The normalized spacial score (nSPS) is 25.1. The molecule has 4 nitrogen and oxygen atoms in total. The molecule has 3 rings (SSSR count). The Hall–Kier alpha value is -1.34. The van der Waals surface area contributed by atoms with Crippen molar-refractivity contribution in [3.05, 3.63) is 66.0 Å². The monoisotopic (exact) mass is 444 g/mol. The minimum absolute atomic E-state index is 0.387. The van der Waals surface area contributed by atoms with E-state index in [4.69, 9.17) is 9.41 Å². The molecule has 1 aromatic carbocycles. The second kappa shape index (κ2) is 8.65. The summed E-state index contributed by atoms with van der Waals surface area (Å²) in [7, 11) is -3.21. The lowest BCUT2D eigenvalue weighted by Gasteiger charge is -2.37. The van der Waals surface area contributed by atoms with E-state index in [0.717, 1.165) is 35.8 Å². The Morgan fingerprint density at radius 2 is 1.63 bits per heavy atom. The summed E-state index contributed by atoms with van der Waals surface area (Å²) in [6.07, 6.45) is 2.55. The number of hydrogen-bond donors (Lipinski definition) is 1. The number of aromatic nitrogens is 1. The Labute approximate surface area is 185 Å². The Morgan fingerprint density at radius 3 is 2.13 bits per heavy atom. The lowest BCUT2D eigenvalue weighted by molar-refractivity contribution is 0.130. The van der Waals surface area contributed by atoms with Crippen LogP contribution in [0.2, 0.25) is 18.1 Å². The molecule has 0 radical (unpaired) electrons. The first-order valence-electron chi connectivity index (χ1n) is 11.1. The van der Waals surface area contributed by atoms with Gasteiger partial charge in [0.05, 0.1) is 21.4 Å². The zero-order valence-corrected chi connectivity index (χ0v) is 21.0. The summed E-state index contributed by atoms with van der Waals surface area (Å²) in [5.74, 6) is 0. The van der Waals surface area contributed by atoms with Crippen molar-refractivity contribution in [2.24, 2.45) is 0 Å². The fraction of sp³-hybridized carbons (Fsp3) is 0.542. The standard InChI is InChI=1S/C24H36N2O2SSi/c1-7-30(8-2,9-3)28-24(20-15-11-10-12-16-20)19-23(24,21-17-13-14-18-25-21)26-29(27)22(4,5)6/h10-18,26H,7-9,19H2,1-6H3/t23-,24+,29-/m1/s1. The van der Waals surface area contributed by atoms with Crippen molar-refractivity contribution in [1.82, 2.24) is 9.71 Å². The van der Waals surface area contributed by atoms with Crippen LogP contribution in [-0.4, -0.2) is 22.3 Å². The number of nitrogens with zero attached hydrogens (tertiary/aromatic N) is 1. The summed E-state index contributed by atoms with van der Waals surface area (Å²) in [6, 6.07) is 19.6. The zero-order chi connectivity index (χ0) is 22.0. The van der Waals surface area contributed by atoms with Crippen LogP contribution in [-0.2, 0) is 26.6 Å². The van der Waals surface area contributed by atoms with Gasteiger partial charge < -0.3 is 4.43 Å². The van der Waals surface area contributed by atoms with Gasteiger partial charge in [-0.05, 0) is 56.6 Å². The van der Waals surface area contributed by atoms with Crippen LogP contribution >= 0.6 is 0 Å². The number of pyridine rings is 1. The van der Waals surface area contributed by atoms with E-state index < -0.39 is 30.4 Å². The van der Waals surface area contributed by atoms with Gasteiger partial charge in [0, 0.05) is 12.6 Å². The summed E-state index contributed by atoms with van der Waals surface area (Å²) in [6.45, 7) is 12.8. The average Bonchev–Trinajstić information content (AvgIpc) is 3.41. The molecule has 1 saturated carbocycles. The van der Waals surface area contributed by atoms with Gasteiger partial charge in [-0.3, -0.25) is 4.98 Å². The third-order valence-electron chi connectivity index (χ3n) is 6.57. The first-order valence-corrected chi connectivity index (χ1v) is 14.7. The molecule has 0 spiro atoms. The van der Waals surface area contributed by atoms with Crippen molar-refractivity contribution in [2.45, 2.75) is 82.0 Å². The maximum Gasteiger partial charge on any atom is 0.193 e. The average molecular weight is 445 g/mol. The third kappa shape index (κ3) is 4.07. The largest absolute Gasteiger partial charge is 0.405 e. The highest BCUT2D eigenvalue weighted by Gasteiger charge is 2.73. The molecule has 1 aliphatic rings. The molecule has 1 heterocycles. The van der Waals surface area contributed by atoms with E-state index in [0.29, 0.717) is 0 Å². The minimum Gasteiger partial charge on any atom is -0.405 e. The topological polar surface area (TPSA) is 51.2 Å². The van der Waals surface area contributed by atoms with Gasteiger partial charge in [0.15, 0.2) is 8.32 Å². The molecule has 1 aromatic heterocycles. The molecule has 2 aromatic rings. The molecule has 1 fully saturated rings. The molecule has 0 aliphatic heterocycles. The summed E-state index contributed by atoms with van der Waals surface area (Å²) < 4.78 is 23.7. The molecule has 0 unspecified atom stereocenters. The van der Waals surface area contributed by atoms with Gasteiger partial charge in [-0.15, -0.1) is 0 Å². The van der Waals surface area contributed by atoms with E-state index >= 15 is 0 Å². The smallest absolute Gasteiger partial charge is 0.193 e. The van der Waals surface area contributed by atoms with Gasteiger partial charge >= 0.3 is 0 Å². The Morgan fingerprint density at radius 1 is 1.03 bits per heavy atom. The summed E-state index contributed by atoms with van der Waals surface area (Å²) in [5.41, 5.74) is 0.877. The first-order chi connectivity index (χ1) is 14.2. The fourth-order valence-corrected chi connectivity index (χ4v) is 8.30. The molecule has 0 bridgehead atoms. The van der Waals surface area contributed by atoms with Gasteiger partial charge in [0.25, 0.3) is 0 Å². The Balaban J connectivity index is 2.17. The zero-order valence-electron chi connectivity index (χ0n) is 19.2. The van der Waals surface area contributed by atoms with Gasteiger partial charge in [-0.25, -0.2) is 8.93 Å². The van der Waals surface area contributed by atoms with Crippen LogP contribution in [0.15, 0.2) is 54.7 Å². The van der Waals surface area contributed by atoms with Crippen molar-refractivity contribution in [3.63, 3.8) is 0 Å². The first kappa shape index (κ1) is 23.3. The summed E-state index contributed by atoms with van der Waals surface area (Å²) in [4.78, 5) is 4.71. The predicted octanol–water partition coefficient (Wildman–Crippen LogP) is 5.65. The van der Waals surface area contributed by atoms with E-state index in [-0.39, 0.29) is 4.75 Å². The number of benzene rings is 1. The van der Waals surface area contributed by atoms with E-state index in [2.05, 4.69) is 49.8 Å². The van der Waals surface area contributed by atoms with Crippen molar-refractivity contribution >= 4 is 19.3 Å². The van der Waals surface area contributed by atoms with Crippen LogP contribution in [0.4, 0.5) is 0 Å². The number of rotatable bonds is 9. The maximum atomic E-state index is 13.3. The van der Waals surface area contributed by atoms with E-state index in [1.807, 2.05) is 51.2 Å². The molecule has 0 saturated heterocycles. The van der Waals surface area contributed by atoms with Gasteiger partial charge in [-0.2, -0.15) is 0 Å². The van der Waals surface area contributed by atoms with Crippen LogP contribution in [0.3, 0.4) is 0 Å². The molecule has 3 atom stereocenters. The second-order valence-corrected chi connectivity index (χ2v) is 16.0. The predicted molar refractivity (Wildman–Crippen MR) is 128 cm³/mol. The second-order valence-electron chi connectivity index (χ2n) is 9.32. The quantitative estimate of drug-likeness (QED) is 0.509. The fourth-order valence-electron chi connectivity index (χ4n) is 4.30. The van der Waals surface area contributed by atoms with Crippen molar-refractivity contribution in [3.8, 4) is 0 Å². The van der Waals surface area contributed by atoms with Crippen molar-refractivity contribution in [2.75, 3.05) is 0 Å². The molecular formula is C24H36N2O2SSi. The Kier molecular flexibility index (Phi) is 6.73. The molecule has 1 N–H and O–H groups in total. The Bertz CT molecular complexity index is 860. The van der Waals surface area contributed by atoms with Crippen LogP contribution < -0.4 is 4.72 Å².